The molecular formula is C15H17NO6S. The van der Waals surface area contributed by atoms with E-state index < -0.39 is 40.3 Å². The van der Waals surface area contributed by atoms with Gasteiger partial charge in [-0.25, -0.2) is 0 Å². The van der Waals surface area contributed by atoms with Crippen LogP contribution in [0.3, 0.4) is 0 Å². The standard InChI is InChI=1S/C15H17NO6S/c1-8-3-5-10(6-4-8)23(19,20)22-14-11-7-12(21-9(2)17)13(14)16-15(11)18/h3-6,11-14H,7H2,1-2H3,(H,16,18). The first kappa shape index (κ1) is 15.9. The summed E-state index contributed by atoms with van der Waals surface area (Å²) in [5.74, 6) is -1.39. The van der Waals surface area contributed by atoms with Crippen LogP contribution in [0, 0.1) is 12.8 Å². The second-order valence-electron chi connectivity index (χ2n) is 5.85. The molecule has 23 heavy (non-hydrogen) atoms. The topological polar surface area (TPSA) is 98.8 Å². The number of aryl methyl sites for hydroxylation is 1. The van der Waals surface area contributed by atoms with Crippen LogP contribution < -0.4 is 5.32 Å². The lowest BCUT2D eigenvalue weighted by Crippen LogP contribution is -2.44. The van der Waals surface area contributed by atoms with Gasteiger partial charge in [0, 0.05) is 13.3 Å². The zero-order valence-corrected chi connectivity index (χ0v) is 13.5. The van der Waals surface area contributed by atoms with Crippen LogP contribution in [0.4, 0.5) is 0 Å². The molecule has 3 rings (SSSR count). The van der Waals surface area contributed by atoms with Gasteiger partial charge >= 0.3 is 5.97 Å². The van der Waals surface area contributed by atoms with Crippen LogP contribution in [0.25, 0.3) is 0 Å². The summed E-state index contributed by atoms with van der Waals surface area (Å²) in [6.45, 7) is 3.12. The maximum Gasteiger partial charge on any atom is 0.302 e. The highest BCUT2D eigenvalue weighted by Gasteiger charge is 2.57. The van der Waals surface area contributed by atoms with Crippen molar-refractivity contribution in [1.82, 2.24) is 5.32 Å². The summed E-state index contributed by atoms with van der Waals surface area (Å²) in [5.41, 5.74) is 0.927. The molecule has 4 atom stereocenters. The summed E-state index contributed by atoms with van der Waals surface area (Å²) in [7, 11) is -3.99. The molecule has 1 saturated heterocycles. The Morgan fingerprint density at radius 2 is 1.91 bits per heavy atom. The second-order valence-corrected chi connectivity index (χ2v) is 7.42. The Labute approximate surface area is 134 Å². The zero-order valence-electron chi connectivity index (χ0n) is 12.7. The van der Waals surface area contributed by atoms with Gasteiger partial charge in [0.15, 0.2) is 0 Å². The molecule has 7 nitrogen and oxygen atoms in total. The third-order valence-electron chi connectivity index (χ3n) is 4.15. The van der Waals surface area contributed by atoms with Crippen LogP contribution in [0.5, 0.6) is 0 Å². The monoisotopic (exact) mass is 339 g/mol. The van der Waals surface area contributed by atoms with E-state index in [9.17, 15) is 18.0 Å². The minimum absolute atomic E-state index is 0.0332. The first-order chi connectivity index (χ1) is 10.8. The van der Waals surface area contributed by atoms with E-state index in [0.717, 1.165) is 5.56 Å². The summed E-state index contributed by atoms with van der Waals surface area (Å²) >= 11 is 0. The second kappa shape index (κ2) is 5.61. The summed E-state index contributed by atoms with van der Waals surface area (Å²) in [6, 6.07) is 5.62. The van der Waals surface area contributed by atoms with Crippen LogP contribution in [-0.2, 0) is 28.6 Å². The molecule has 1 aliphatic heterocycles. The molecule has 1 N–H and O–H groups in total. The van der Waals surface area contributed by atoms with Crippen LogP contribution >= 0.6 is 0 Å². The maximum absolute atomic E-state index is 12.4. The Balaban J connectivity index is 1.80. The van der Waals surface area contributed by atoms with Gasteiger partial charge in [-0.3, -0.25) is 13.8 Å². The van der Waals surface area contributed by atoms with Gasteiger partial charge in [-0.1, -0.05) is 17.7 Å². The van der Waals surface area contributed by atoms with Gasteiger partial charge in [0.25, 0.3) is 10.1 Å². The third-order valence-corrected chi connectivity index (χ3v) is 5.47. The van der Waals surface area contributed by atoms with Gasteiger partial charge in [-0.15, -0.1) is 0 Å². The fourth-order valence-electron chi connectivity index (χ4n) is 3.06. The van der Waals surface area contributed by atoms with E-state index in [4.69, 9.17) is 8.92 Å². The van der Waals surface area contributed by atoms with Crippen LogP contribution in [0.2, 0.25) is 0 Å². The van der Waals surface area contributed by atoms with Gasteiger partial charge in [0.05, 0.1) is 16.9 Å². The lowest BCUT2D eigenvalue weighted by atomic mass is 10.1. The van der Waals surface area contributed by atoms with Crippen molar-refractivity contribution in [3.63, 3.8) is 0 Å². The average molecular weight is 339 g/mol. The summed E-state index contributed by atoms with van der Waals surface area (Å²) in [4.78, 5) is 23.0. The Bertz CT molecular complexity index is 742. The molecule has 2 fully saturated rings. The number of carbonyl (C=O) groups is 2. The molecule has 1 aromatic rings. The predicted molar refractivity (Wildman–Crippen MR) is 78.8 cm³/mol. The third kappa shape index (κ3) is 2.96. The molecule has 0 radical (unpaired) electrons. The molecule has 1 saturated carbocycles. The number of benzene rings is 1. The number of ether oxygens (including phenoxy) is 1. The van der Waals surface area contributed by atoms with Crippen LogP contribution in [-0.4, -0.2) is 38.5 Å². The lowest BCUT2D eigenvalue weighted by molar-refractivity contribution is -0.149. The Hall–Kier alpha value is -1.93. The van der Waals surface area contributed by atoms with E-state index in [1.165, 1.54) is 19.1 Å². The van der Waals surface area contributed by atoms with Gasteiger partial charge < -0.3 is 10.1 Å². The molecule has 2 bridgehead atoms. The molecule has 0 spiro atoms. The Kier molecular flexibility index (Phi) is 3.89. The zero-order chi connectivity index (χ0) is 16.8. The number of carbonyl (C=O) groups excluding carboxylic acids is 2. The number of fused-ring (bicyclic) bond motifs is 2. The van der Waals surface area contributed by atoms with Crippen molar-refractivity contribution >= 4 is 22.0 Å². The van der Waals surface area contributed by atoms with E-state index in [2.05, 4.69) is 5.32 Å². The minimum Gasteiger partial charge on any atom is -0.460 e. The average Bonchev–Trinajstić information content (AvgIpc) is 2.91. The fraction of sp³-hybridized carbons (Fsp3) is 0.467. The largest absolute Gasteiger partial charge is 0.460 e. The SMILES string of the molecule is CC(=O)OC1CC2C(=O)NC1C2OS(=O)(=O)c1ccc(C)cc1. The van der Waals surface area contributed by atoms with E-state index in [-0.39, 0.29) is 17.2 Å². The van der Waals surface area contributed by atoms with Crippen molar-refractivity contribution in [2.24, 2.45) is 5.92 Å². The number of hydrogen-bond acceptors (Lipinski definition) is 6. The Morgan fingerprint density at radius 1 is 1.26 bits per heavy atom. The van der Waals surface area contributed by atoms with Gasteiger partial charge in [-0.2, -0.15) is 8.42 Å². The molecule has 1 heterocycles. The molecule has 0 aromatic heterocycles. The number of hydrogen-bond donors (Lipinski definition) is 1. The van der Waals surface area contributed by atoms with Crippen LogP contribution in [0.1, 0.15) is 18.9 Å². The van der Waals surface area contributed by atoms with Crippen molar-refractivity contribution in [3.05, 3.63) is 29.8 Å². The van der Waals surface area contributed by atoms with Crippen molar-refractivity contribution in [1.29, 1.82) is 0 Å². The molecule has 4 unspecified atom stereocenters. The number of amides is 1. The summed E-state index contributed by atoms with van der Waals surface area (Å²) in [5, 5.41) is 2.64. The summed E-state index contributed by atoms with van der Waals surface area (Å²) in [6.07, 6.45) is -1.16. The smallest absolute Gasteiger partial charge is 0.302 e. The molecule has 2 aliphatic rings. The number of esters is 1. The van der Waals surface area contributed by atoms with E-state index >= 15 is 0 Å². The normalized spacial score (nSPS) is 29.4. The fourth-order valence-corrected chi connectivity index (χ4v) is 4.19. The van der Waals surface area contributed by atoms with Gasteiger partial charge in [0.2, 0.25) is 5.91 Å². The lowest BCUT2D eigenvalue weighted by Gasteiger charge is -2.22. The quantitative estimate of drug-likeness (QED) is 0.634. The van der Waals surface area contributed by atoms with Crippen molar-refractivity contribution in [2.45, 2.75) is 43.4 Å². The Morgan fingerprint density at radius 3 is 2.52 bits per heavy atom. The van der Waals surface area contributed by atoms with E-state index in [1.54, 1.807) is 12.1 Å². The number of rotatable bonds is 4. The van der Waals surface area contributed by atoms with Crippen LogP contribution in [0.15, 0.2) is 29.2 Å². The number of nitrogens with one attached hydrogen (secondary N) is 1. The molecule has 124 valence electrons. The highest BCUT2D eigenvalue weighted by atomic mass is 32.2. The molecule has 1 amide bonds. The molecular weight excluding hydrogens is 322 g/mol. The van der Waals surface area contributed by atoms with E-state index in [0.29, 0.717) is 0 Å². The highest BCUT2D eigenvalue weighted by molar-refractivity contribution is 7.86. The van der Waals surface area contributed by atoms with Gasteiger partial charge in [-0.05, 0) is 19.1 Å². The number of piperidine rings is 1. The molecule has 8 heteroatoms. The van der Waals surface area contributed by atoms with Gasteiger partial charge in [0.1, 0.15) is 12.2 Å². The van der Waals surface area contributed by atoms with Crippen molar-refractivity contribution in [3.8, 4) is 0 Å². The predicted octanol–water partition coefficient (Wildman–Crippen LogP) is 0.519. The van der Waals surface area contributed by atoms with E-state index in [1.807, 2.05) is 6.92 Å². The highest BCUT2D eigenvalue weighted by Crippen LogP contribution is 2.38. The summed E-state index contributed by atoms with van der Waals surface area (Å²) < 4.78 is 35.2. The first-order valence-corrected chi connectivity index (χ1v) is 8.66. The minimum atomic E-state index is -3.99. The van der Waals surface area contributed by atoms with Crippen molar-refractivity contribution in [2.75, 3.05) is 0 Å². The first-order valence-electron chi connectivity index (χ1n) is 7.25. The van der Waals surface area contributed by atoms with Crippen molar-refractivity contribution < 1.29 is 26.9 Å². The molecule has 1 aliphatic carbocycles. The molecule has 1 aromatic carbocycles. The maximum atomic E-state index is 12.4.